The number of nitrogens with one attached hydrogen (secondary N) is 1. The molecule has 142 valence electrons. The van der Waals surface area contributed by atoms with Crippen molar-refractivity contribution in [3.8, 4) is 0 Å². The molecule has 0 bridgehead atoms. The molecule has 1 atom stereocenters. The third kappa shape index (κ3) is 14.9. The minimum atomic E-state index is -0.650. The highest BCUT2D eigenvalue weighted by molar-refractivity contribution is 7.80. The molecule has 5 heteroatoms. The van der Waals surface area contributed by atoms with E-state index >= 15 is 0 Å². The molecule has 0 unspecified atom stereocenters. The van der Waals surface area contributed by atoms with Crippen molar-refractivity contribution in [3.05, 3.63) is 0 Å². The van der Waals surface area contributed by atoms with Gasteiger partial charge in [0.2, 0.25) is 11.8 Å². The minimum Gasteiger partial charge on any atom is -0.368 e. The Morgan fingerprint density at radius 2 is 1.25 bits per heavy atom. The number of carbonyl (C=O) groups excluding carboxylic acids is 2. The van der Waals surface area contributed by atoms with Crippen molar-refractivity contribution >= 4 is 24.4 Å². The molecule has 0 saturated heterocycles. The van der Waals surface area contributed by atoms with Gasteiger partial charge in [0, 0.05) is 12.2 Å². The van der Waals surface area contributed by atoms with E-state index in [9.17, 15) is 9.59 Å². The molecule has 0 aliphatic carbocycles. The molecular weight excluding hydrogens is 320 g/mol. The largest absolute Gasteiger partial charge is 0.368 e. The highest BCUT2D eigenvalue weighted by atomic mass is 32.1. The monoisotopic (exact) mass is 358 g/mol. The molecule has 0 aliphatic rings. The van der Waals surface area contributed by atoms with Gasteiger partial charge in [0.05, 0.1) is 0 Å². The molecule has 0 saturated carbocycles. The smallest absolute Gasteiger partial charge is 0.240 e. The molecule has 0 aliphatic heterocycles. The Morgan fingerprint density at radius 3 is 1.62 bits per heavy atom. The van der Waals surface area contributed by atoms with E-state index in [4.69, 9.17) is 5.73 Å². The van der Waals surface area contributed by atoms with Gasteiger partial charge in [0.25, 0.3) is 0 Å². The molecular formula is C19H38N2O2S. The van der Waals surface area contributed by atoms with Crippen molar-refractivity contribution in [2.75, 3.05) is 5.75 Å². The lowest BCUT2D eigenvalue weighted by molar-refractivity contribution is -0.126. The summed E-state index contributed by atoms with van der Waals surface area (Å²) in [5, 5.41) is 2.62. The van der Waals surface area contributed by atoms with Crippen LogP contribution in [0.25, 0.3) is 0 Å². The topological polar surface area (TPSA) is 72.2 Å². The average molecular weight is 359 g/mol. The second kappa shape index (κ2) is 17.1. The first-order valence-electron chi connectivity index (χ1n) is 9.81. The van der Waals surface area contributed by atoms with Crippen LogP contribution in [0.3, 0.4) is 0 Å². The number of hydrogen-bond acceptors (Lipinski definition) is 3. The van der Waals surface area contributed by atoms with Crippen LogP contribution in [0.15, 0.2) is 0 Å². The number of carbonyl (C=O) groups is 2. The highest BCUT2D eigenvalue weighted by Crippen LogP contribution is 2.12. The molecule has 4 nitrogen and oxygen atoms in total. The average Bonchev–Trinajstić information content (AvgIpc) is 2.56. The number of primary amides is 1. The Hall–Kier alpha value is -0.710. The lowest BCUT2D eigenvalue weighted by atomic mass is 10.0. The summed E-state index contributed by atoms with van der Waals surface area (Å²) in [6.45, 7) is 2.26. The van der Waals surface area contributed by atoms with Crippen molar-refractivity contribution in [2.24, 2.45) is 5.73 Å². The molecule has 24 heavy (non-hydrogen) atoms. The minimum absolute atomic E-state index is 0.101. The van der Waals surface area contributed by atoms with Crippen LogP contribution < -0.4 is 11.1 Å². The molecule has 3 N–H and O–H groups in total. The predicted octanol–water partition coefficient (Wildman–Crippen LogP) is 4.37. The fourth-order valence-corrected chi connectivity index (χ4v) is 3.05. The zero-order valence-electron chi connectivity index (χ0n) is 15.5. The lowest BCUT2D eigenvalue weighted by Crippen LogP contribution is -2.45. The van der Waals surface area contributed by atoms with E-state index in [1.165, 1.54) is 70.6 Å². The van der Waals surface area contributed by atoms with Gasteiger partial charge in [0.1, 0.15) is 6.04 Å². The van der Waals surface area contributed by atoms with Gasteiger partial charge in [-0.15, -0.1) is 0 Å². The van der Waals surface area contributed by atoms with E-state index in [-0.39, 0.29) is 11.7 Å². The standard InChI is InChI=1S/C19H38N2O2S/c1-2-3-4-5-6-7-8-9-10-11-12-13-14-15-18(22)21-17(16-24)19(20)23/h17,24H,2-16H2,1H3,(H2,20,23)(H,21,22)/t17-/m0/s1. The first kappa shape index (κ1) is 23.3. The van der Waals surface area contributed by atoms with Gasteiger partial charge in [0.15, 0.2) is 0 Å². The summed E-state index contributed by atoms with van der Waals surface area (Å²) in [5.74, 6) is -0.376. The van der Waals surface area contributed by atoms with E-state index < -0.39 is 11.9 Å². The fraction of sp³-hybridized carbons (Fsp3) is 0.895. The van der Waals surface area contributed by atoms with Crippen LogP contribution in [0.4, 0.5) is 0 Å². The Balaban J connectivity index is 3.30. The van der Waals surface area contributed by atoms with Crippen LogP contribution in [-0.4, -0.2) is 23.6 Å². The van der Waals surface area contributed by atoms with Crippen molar-refractivity contribution in [3.63, 3.8) is 0 Å². The summed E-state index contributed by atoms with van der Waals surface area (Å²) in [6.07, 6.45) is 17.2. The third-order valence-electron chi connectivity index (χ3n) is 4.37. The van der Waals surface area contributed by atoms with Crippen LogP contribution in [0.2, 0.25) is 0 Å². The van der Waals surface area contributed by atoms with Crippen molar-refractivity contribution in [1.82, 2.24) is 5.32 Å². The first-order valence-corrected chi connectivity index (χ1v) is 10.4. The summed E-state index contributed by atoms with van der Waals surface area (Å²) >= 11 is 4.01. The Labute approximate surface area is 154 Å². The number of rotatable bonds is 17. The number of amides is 2. The van der Waals surface area contributed by atoms with E-state index in [1.54, 1.807) is 0 Å². The van der Waals surface area contributed by atoms with Gasteiger partial charge >= 0.3 is 0 Å². The quantitative estimate of drug-likeness (QED) is 0.267. The van der Waals surface area contributed by atoms with Crippen LogP contribution in [0.5, 0.6) is 0 Å². The Morgan fingerprint density at radius 1 is 0.833 bits per heavy atom. The number of nitrogens with two attached hydrogens (primary N) is 1. The molecule has 0 aromatic rings. The summed E-state index contributed by atoms with van der Waals surface area (Å²) < 4.78 is 0. The summed E-state index contributed by atoms with van der Waals surface area (Å²) in [5.41, 5.74) is 5.17. The van der Waals surface area contributed by atoms with Gasteiger partial charge in [-0.05, 0) is 6.42 Å². The Kier molecular flexibility index (Phi) is 16.6. The molecule has 0 spiro atoms. The molecule has 0 rings (SSSR count). The maximum atomic E-state index is 11.7. The van der Waals surface area contributed by atoms with Gasteiger partial charge < -0.3 is 11.1 Å². The summed E-state index contributed by atoms with van der Waals surface area (Å²) in [6, 6.07) is -0.650. The predicted molar refractivity (Wildman–Crippen MR) is 105 cm³/mol. The van der Waals surface area contributed by atoms with E-state index in [2.05, 4.69) is 24.9 Å². The molecule has 2 amide bonds. The van der Waals surface area contributed by atoms with Crippen LogP contribution in [-0.2, 0) is 9.59 Å². The van der Waals surface area contributed by atoms with Crippen molar-refractivity contribution < 1.29 is 9.59 Å². The zero-order chi connectivity index (χ0) is 18.0. The van der Waals surface area contributed by atoms with Gasteiger partial charge in [-0.1, -0.05) is 84.0 Å². The molecule has 0 aromatic heterocycles. The van der Waals surface area contributed by atoms with Crippen LogP contribution >= 0.6 is 12.6 Å². The van der Waals surface area contributed by atoms with Gasteiger partial charge in [-0.2, -0.15) is 12.6 Å². The second-order valence-electron chi connectivity index (χ2n) is 6.70. The van der Waals surface area contributed by atoms with E-state index in [0.717, 1.165) is 12.8 Å². The van der Waals surface area contributed by atoms with Crippen molar-refractivity contribution in [1.29, 1.82) is 0 Å². The van der Waals surface area contributed by atoms with E-state index in [1.807, 2.05) is 0 Å². The Bertz CT molecular complexity index is 324. The van der Waals surface area contributed by atoms with Crippen molar-refractivity contribution in [2.45, 2.75) is 103 Å². The number of hydrogen-bond donors (Lipinski definition) is 3. The second-order valence-corrected chi connectivity index (χ2v) is 7.06. The third-order valence-corrected chi connectivity index (χ3v) is 4.73. The van der Waals surface area contributed by atoms with Gasteiger partial charge in [-0.25, -0.2) is 0 Å². The zero-order valence-corrected chi connectivity index (χ0v) is 16.4. The molecule has 0 aromatic carbocycles. The van der Waals surface area contributed by atoms with E-state index in [0.29, 0.717) is 6.42 Å². The highest BCUT2D eigenvalue weighted by Gasteiger charge is 2.15. The maximum absolute atomic E-state index is 11.7. The summed E-state index contributed by atoms with van der Waals surface area (Å²) in [7, 11) is 0. The SMILES string of the molecule is CCCCCCCCCCCCCCCC(=O)N[C@@H](CS)C(N)=O. The summed E-state index contributed by atoms with van der Waals surface area (Å²) in [4.78, 5) is 22.7. The van der Waals surface area contributed by atoms with Crippen LogP contribution in [0.1, 0.15) is 96.8 Å². The van der Waals surface area contributed by atoms with Gasteiger partial charge in [-0.3, -0.25) is 9.59 Å². The molecule has 0 heterocycles. The normalized spacial score (nSPS) is 12.1. The first-order chi connectivity index (χ1) is 11.6. The van der Waals surface area contributed by atoms with Crippen LogP contribution in [0, 0.1) is 0 Å². The number of unbranched alkanes of at least 4 members (excludes halogenated alkanes) is 12. The molecule has 0 fully saturated rings. The maximum Gasteiger partial charge on any atom is 0.240 e. The fourth-order valence-electron chi connectivity index (χ4n) is 2.78. The lowest BCUT2D eigenvalue weighted by Gasteiger charge is -2.12. The molecule has 0 radical (unpaired) electrons. The number of thiol groups is 1.